The molecule has 6 nitrogen and oxygen atoms in total. The molecule has 1 aliphatic heterocycles. The molecule has 2 aliphatic carbocycles. The molecule has 0 spiro atoms. The predicted octanol–water partition coefficient (Wildman–Crippen LogP) is 1.94. The Kier molecular flexibility index (Phi) is 3.43. The summed E-state index contributed by atoms with van der Waals surface area (Å²) < 4.78 is 0. The minimum atomic E-state index is -0.978. The number of aliphatic imine (C=N–C) groups is 1. The Hall–Kier alpha value is -1.72. The van der Waals surface area contributed by atoms with Crippen LogP contribution in [0.25, 0.3) is 0 Å². The van der Waals surface area contributed by atoms with Gasteiger partial charge in [-0.25, -0.2) is 4.79 Å². The Labute approximate surface area is 136 Å². The molecule has 1 heterocycles. The van der Waals surface area contributed by atoms with Crippen molar-refractivity contribution in [2.75, 3.05) is 14.1 Å². The van der Waals surface area contributed by atoms with Gasteiger partial charge in [-0.1, -0.05) is 20.8 Å². The number of fused-ring (bicyclic) bond motifs is 2. The molecule has 0 aromatic heterocycles. The first-order chi connectivity index (χ1) is 10.6. The third-order valence-electron chi connectivity index (χ3n) is 6.93. The van der Waals surface area contributed by atoms with Crippen LogP contribution < -0.4 is 0 Å². The molecule has 3 fully saturated rings. The summed E-state index contributed by atoms with van der Waals surface area (Å²) in [4.78, 5) is 42.9. The second kappa shape index (κ2) is 4.89. The Morgan fingerprint density at radius 1 is 1.09 bits per heavy atom. The Morgan fingerprint density at radius 3 is 2.09 bits per heavy atom. The molecule has 0 unspecified atom stereocenters. The van der Waals surface area contributed by atoms with Gasteiger partial charge >= 0.3 is 6.03 Å². The van der Waals surface area contributed by atoms with Crippen molar-refractivity contribution in [3.8, 4) is 0 Å². The number of imide groups is 2. The summed E-state index contributed by atoms with van der Waals surface area (Å²) >= 11 is 0. The van der Waals surface area contributed by atoms with E-state index in [4.69, 9.17) is 0 Å². The van der Waals surface area contributed by atoms with E-state index in [-0.39, 0.29) is 16.9 Å². The smallest absolute Gasteiger partial charge is 0.292 e. The maximum Gasteiger partial charge on any atom is 0.332 e. The van der Waals surface area contributed by atoms with Gasteiger partial charge in [0.25, 0.3) is 0 Å². The SMILES string of the molecule is CN1C(=O)C(C=N[C@@H]2C[C@@H]3CC[C@@]2(C)C3(C)C)C(=O)N(C)C1=O. The maximum absolute atomic E-state index is 12.2. The molecule has 6 heteroatoms. The van der Waals surface area contributed by atoms with Gasteiger partial charge in [0.2, 0.25) is 11.8 Å². The summed E-state index contributed by atoms with van der Waals surface area (Å²) in [5.41, 5.74) is 0.349. The van der Waals surface area contributed by atoms with Crippen molar-refractivity contribution >= 4 is 24.1 Å². The van der Waals surface area contributed by atoms with Gasteiger partial charge in [0.1, 0.15) is 0 Å². The molecular formula is C17H25N3O3. The van der Waals surface area contributed by atoms with E-state index in [1.165, 1.54) is 26.7 Å². The van der Waals surface area contributed by atoms with Crippen LogP contribution in [0.4, 0.5) is 4.79 Å². The summed E-state index contributed by atoms with van der Waals surface area (Å²) in [5, 5.41) is 0. The fourth-order valence-corrected chi connectivity index (χ4v) is 4.64. The van der Waals surface area contributed by atoms with Crippen molar-refractivity contribution in [3.63, 3.8) is 0 Å². The second-order valence-corrected chi connectivity index (χ2v) is 7.98. The van der Waals surface area contributed by atoms with Crippen LogP contribution in [0.3, 0.4) is 0 Å². The van der Waals surface area contributed by atoms with Crippen LogP contribution in [0.15, 0.2) is 4.99 Å². The largest absolute Gasteiger partial charge is 0.332 e. The van der Waals surface area contributed by atoms with E-state index >= 15 is 0 Å². The summed E-state index contributed by atoms with van der Waals surface area (Å²) in [7, 11) is 2.80. The van der Waals surface area contributed by atoms with Crippen molar-refractivity contribution in [1.82, 2.24) is 9.80 Å². The van der Waals surface area contributed by atoms with E-state index in [2.05, 4.69) is 25.8 Å². The van der Waals surface area contributed by atoms with Gasteiger partial charge in [-0.15, -0.1) is 0 Å². The van der Waals surface area contributed by atoms with Crippen molar-refractivity contribution in [2.24, 2.45) is 27.7 Å². The number of hydrogen-bond acceptors (Lipinski definition) is 4. The van der Waals surface area contributed by atoms with Crippen molar-refractivity contribution in [2.45, 2.75) is 46.1 Å². The third-order valence-corrected chi connectivity index (χ3v) is 6.93. The molecule has 3 aliphatic rings. The minimum absolute atomic E-state index is 0.114. The van der Waals surface area contributed by atoms with Crippen LogP contribution in [0.1, 0.15) is 40.0 Å². The van der Waals surface area contributed by atoms with E-state index in [1.54, 1.807) is 0 Å². The Balaban J connectivity index is 1.82. The monoisotopic (exact) mass is 319 g/mol. The normalized spacial score (nSPS) is 37.5. The molecule has 2 bridgehead atoms. The molecule has 0 radical (unpaired) electrons. The summed E-state index contributed by atoms with van der Waals surface area (Å²) in [6.07, 6.45) is 4.87. The molecular weight excluding hydrogens is 294 g/mol. The average molecular weight is 319 g/mol. The summed E-state index contributed by atoms with van der Waals surface area (Å²) in [5.74, 6) is -1.31. The molecule has 4 amide bonds. The van der Waals surface area contributed by atoms with E-state index in [0.717, 1.165) is 22.6 Å². The third kappa shape index (κ3) is 2.00. The zero-order valence-corrected chi connectivity index (χ0v) is 14.5. The first-order valence-electron chi connectivity index (χ1n) is 8.23. The van der Waals surface area contributed by atoms with Crippen LogP contribution in [-0.2, 0) is 9.59 Å². The lowest BCUT2D eigenvalue weighted by molar-refractivity contribution is -0.144. The number of carbonyl (C=O) groups excluding carboxylic acids is 3. The van der Waals surface area contributed by atoms with Crippen LogP contribution >= 0.6 is 0 Å². The minimum Gasteiger partial charge on any atom is -0.292 e. The Morgan fingerprint density at radius 2 is 1.65 bits per heavy atom. The van der Waals surface area contributed by atoms with Gasteiger partial charge in [-0.05, 0) is 36.0 Å². The molecule has 3 rings (SSSR count). The van der Waals surface area contributed by atoms with E-state index < -0.39 is 23.8 Å². The molecule has 0 aromatic rings. The van der Waals surface area contributed by atoms with Gasteiger partial charge < -0.3 is 0 Å². The van der Waals surface area contributed by atoms with Gasteiger partial charge in [0.15, 0.2) is 5.92 Å². The van der Waals surface area contributed by atoms with Crippen LogP contribution in [0, 0.1) is 22.7 Å². The molecule has 3 atom stereocenters. The standard InChI is InChI=1S/C17H25N3O3/c1-16(2)10-6-7-17(16,3)12(8-10)18-9-11-13(21)19(4)15(23)20(5)14(11)22/h9-12H,6-8H2,1-5H3/t10-,12+,17+/m0/s1. The molecule has 0 aromatic carbocycles. The van der Waals surface area contributed by atoms with Crippen LogP contribution in [-0.4, -0.2) is 54.0 Å². The fourth-order valence-electron chi connectivity index (χ4n) is 4.64. The molecule has 2 saturated carbocycles. The number of barbiturate groups is 1. The summed E-state index contributed by atoms with van der Waals surface area (Å²) in [6, 6.07) is -0.442. The number of rotatable bonds is 2. The number of amides is 4. The topological polar surface area (TPSA) is 70.1 Å². The first kappa shape index (κ1) is 16.1. The van der Waals surface area contributed by atoms with E-state index in [0.29, 0.717) is 5.92 Å². The maximum atomic E-state index is 12.2. The zero-order chi connectivity index (χ0) is 17.2. The highest BCUT2D eigenvalue weighted by molar-refractivity contribution is 6.23. The quantitative estimate of drug-likeness (QED) is 0.577. The Bertz CT molecular complexity index is 588. The molecule has 23 heavy (non-hydrogen) atoms. The van der Waals surface area contributed by atoms with Crippen molar-refractivity contribution < 1.29 is 14.4 Å². The number of nitrogens with zero attached hydrogens (tertiary/aromatic N) is 3. The number of urea groups is 1. The lowest BCUT2D eigenvalue weighted by Gasteiger charge is -2.37. The van der Waals surface area contributed by atoms with Gasteiger partial charge in [0.05, 0.1) is 6.04 Å². The molecule has 126 valence electrons. The number of carbonyl (C=O) groups is 3. The average Bonchev–Trinajstić information content (AvgIpc) is 2.84. The van der Waals surface area contributed by atoms with Crippen LogP contribution in [0.5, 0.6) is 0 Å². The highest BCUT2D eigenvalue weighted by atomic mass is 16.2. The predicted molar refractivity (Wildman–Crippen MR) is 85.9 cm³/mol. The van der Waals surface area contributed by atoms with Crippen molar-refractivity contribution in [1.29, 1.82) is 0 Å². The van der Waals surface area contributed by atoms with E-state index in [9.17, 15) is 14.4 Å². The highest BCUT2D eigenvalue weighted by Gasteiger charge is 2.61. The molecule has 1 saturated heterocycles. The zero-order valence-electron chi connectivity index (χ0n) is 14.5. The number of hydrogen-bond donors (Lipinski definition) is 0. The van der Waals surface area contributed by atoms with E-state index in [1.807, 2.05) is 0 Å². The van der Waals surface area contributed by atoms with Gasteiger partial charge in [-0.3, -0.25) is 24.4 Å². The first-order valence-corrected chi connectivity index (χ1v) is 8.23. The van der Waals surface area contributed by atoms with Gasteiger partial charge in [0, 0.05) is 20.3 Å². The van der Waals surface area contributed by atoms with Gasteiger partial charge in [-0.2, -0.15) is 0 Å². The highest BCUT2D eigenvalue weighted by Crippen LogP contribution is 2.66. The van der Waals surface area contributed by atoms with Crippen LogP contribution in [0.2, 0.25) is 0 Å². The summed E-state index contributed by atoms with van der Waals surface area (Å²) in [6.45, 7) is 6.88. The second-order valence-electron chi connectivity index (χ2n) is 7.98. The lowest BCUT2D eigenvalue weighted by Crippen LogP contribution is -2.57. The lowest BCUT2D eigenvalue weighted by atomic mass is 9.69. The van der Waals surface area contributed by atoms with Crippen molar-refractivity contribution in [3.05, 3.63) is 0 Å². The molecule has 0 N–H and O–H groups in total. The fraction of sp³-hybridized carbons (Fsp3) is 0.765.